The molecular weight excluding hydrogens is 398 g/mol. The SMILES string of the molecule is CC(=O)N1CCc2ccc(-c3csc(NC(=O)COc4cccc(C)c4C)n3)cc21. The van der Waals surface area contributed by atoms with Gasteiger partial charge in [0.1, 0.15) is 5.75 Å². The Balaban J connectivity index is 1.42. The lowest BCUT2D eigenvalue weighted by Crippen LogP contribution is -2.25. The molecule has 1 aromatic heterocycles. The van der Waals surface area contributed by atoms with Gasteiger partial charge in [-0.15, -0.1) is 11.3 Å². The number of nitrogens with zero attached hydrogens (tertiary/aromatic N) is 2. The maximum absolute atomic E-state index is 12.3. The molecule has 0 fully saturated rings. The summed E-state index contributed by atoms with van der Waals surface area (Å²) in [7, 11) is 0. The molecule has 0 atom stereocenters. The molecule has 4 rings (SSSR count). The molecule has 0 aliphatic carbocycles. The molecule has 7 heteroatoms. The van der Waals surface area contributed by atoms with E-state index in [-0.39, 0.29) is 18.4 Å². The molecule has 1 aliphatic rings. The number of aromatic nitrogens is 1. The highest BCUT2D eigenvalue weighted by molar-refractivity contribution is 7.14. The number of hydrogen-bond acceptors (Lipinski definition) is 5. The second kappa shape index (κ2) is 8.28. The zero-order chi connectivity index (χ0) is 21.3. The topological polar surface area (TPSA) is 71.5 Å². The predicted molar refractivity (Wildman–Crippen MR) is 119 cm³/mol. The minimum absolute atomic E-state index is 0.0426. The molecule has 0 saturated carbocycles. The number of hydrogen-bond donors (Lipinski definition) is 1. The molecule has 2 heterocycles. The fourth-order valence-corrected chi connectivity index (χ4v) is 4.24. The first-order chi connectivity index (χ1) is 14.4. The van der Waals surface area contributed by atoms with Gasteiger partial charge < -0.3 is 9.64 Å². The maximum atomic E-state index is 12.3. The quantitative estimate of drug-likeness (QED) is 0.665. The Labute approximate surface area is 179 Å². The molecule has 0 saturated heterocycles. The summed E-state index contributed by atoms with van der Waals surface area (Å²) in [6.07, 6.45) is 0.869. The second-order valence-corrected chi connectivity index (χ2v) is 8.20. The number of benzene rings is 2. The molecular formula is C23H23N3O3S. The fourth-order valence-electron chi connectivity index (χ4n) is 3.51. The number of carbonyl (C=O) groups excluding carboxylic acids is 2. The Morgan fingerprint density at radius 1 is 1.23 bits per heavy atom. The van der Waals surface area contributed by atoms with E-state index in [2.05, 4.69) is 10.3 Å². The van der Waals surface area contributed by atoms with Crippen molar-refractivity contribution in [1.29, 1.82) is 0 Å². The number of carbonyl (C=O) groups is 2. The summed E-state index contributed by atoms with van der Waals surface area (Å²) >= 11 is 1.36. The molecule has 3 aromatic rings. The first kappa shape index (κ1) is 20.1. The largest absolute Gasteiger partial charge is 0.483 e. The van der Waals surface area contributed by atoms with Gasteiger partial charge in [-0.25, -0.2) is 4.98 Å². The van der Waals surface area contributed by atoms with Crippen LogP contribution in [0.3, 0.4) is 0 Å². The molecule has 0 bridgehead atoms. The van der Waals surface area contributed by atoms with E-state index < -0.39 is 0 Å². The van der Waals surface area contributed by atoms with E-state index in [1.807, 2.05) is 55.6 Å². The van der Waals surface area contributed by atoms with Crippen molar-refractivity contribution < 1.29 is 14.3 Å². The fraction of sp³-hybridized carbons (Fsp3) is 0.261. The lowest BCUT2D eigenvalue weighted by molar-refractivity contribution is -0.118. The Morgan fingerprint density at radius 3 is 2.87 bits per heavy atom. The van der Waals surface area contributed by atoms with Crippen LogP contribution in [0.15, 0.2) is 41.8 Å². The van der Waals surface area contributed by atoms with Crippen molar-refractivity contribution in [3.63, 3.8) is 0 Å². The van der Waals surface area contributed by atoms with Crippen molar-refractivity contribution in [2.75, 3.05) is 23.4 Å². The number of aryl methyl sites for hydroxylation is 1. The zero-order valence-corrected chi connectivity index (χ0v) is 18.0. The third-order valence-corrected chi connectivity index (χ3v) is 6.08. The molecule has 0 unspecified atom stereocenters. The molecule has 30 heavy (non-hydrogen) atoms. The van der Waals surface area contributed by atoms with E-state index in [1.165, 1.54) is 16.9 Å². The van der Waals surface area contributed by atoms with Crippen molar-refractivity contribution in [2.24, 2.45) is 0 Å². The molecule has 1 aliphatic heterocycles. The number of amides is 2. The van der Waals surface area contributed by atoms with Gasteiger partial charge in [-0.05, 0) is 49.1 Å². The molecule has 154 valence electrons. The van der Waals surface area contributed by atoms with Crippen LogP contribution in [-0.2, 0) is 16.0 Å². The van der Waals surface area contributed by atoms with Crippen molar-refractivity contribution in [2.45, 2.75) is 27.2 Å². The summed E-state index contributed by atoms with van der Waals surface area (Å²) in [5.74, 6) is 0.493. The van der Waals surface area contributed by atoms with Gasteiger partial charge in [-0.1, -0.05) is 24.3 Å². The Bertz CT molecular complexity index is 1120. The van der Waals surface area contributed by atoms with Crippen LogP contribution in [-0.4, -0.2) is 29.9 Å². The average Bonchev–Trinajstić information content (AvgIpc) is 3.35. The highest BCUT2D eigenvalue weighted by Gasteiger charge is 2.23. The molecule has 6 nitrogen and oxygen atoms in total. The molecule has 1 N–H and O–H groups in total. The van der Waals surface area contributed by atoms with Crippen molar-refractivity contribution >= 4 is 34.0 Å². The van der Waals surface area contributed by atoms with Gasteiger partial charge in [0.25, 0.3) is 5.91 Å². The van der Waals surface area contributed by atoms with Crippen molar-refractivity contribution in [3.05, 3.63) is 58.5 Å². The third kappa shape index (κ3) is 4.07. The molecule has 0 spiro atoms. The summed E-state index contributed by atoms with van der Waals surface area (Å²) < 4.78 is 5.66. The van der Waals surface area contributed by atoms with E-state index >= 15 is 0 Å². The smallest absolute Gasteiger partial charge is 0.264 e. The van der Waals surface area contributed by atoms with Gasteiger partial charge in [0.05, 0.1) is 5.69 Å². The summed E-state index contributed by atoms with van der Waals surface area (Å²) in [5, 5.41) is 5.21. The van der Waals surface area contributed by atoms with Crippen LogP contribution in [0.25, 0.3) is 11.3 Å². The van der Waals surface area contributed by atoms with E-state index in [9.17, 15) is 9.59 Å². The minimum Gasteiger partial charge on any atom is -0.483 e. The van der Waals surface area contributed by atoms with Crippen LogP contribution in [0, 0.1) is 13.8 Å². The Kier molecular flexibility index (Phi) is 5.55. The Hall–Kier alpha value is -3.19. The number of anilines is 2. The molecule has 2 aromatic carbocycles. The van der Waals surface area contributed by atoms with Gasteiger partial charge in [0.15, 0.2) is 11.7 Å². The molecule has 0 radical (unpaired) electrons. The number of nitrogens with one attached hydrogen (secondary N) is 1. The van der Waals surface area contributed by atoms with Crippen LogP contribution in [0.2, 0.25) is 0 Å². The van der Waals surface area contributed by atoms with Gasteiger partial charge >= 0.3 is 0 Å². The number of fused-ring (bicyclic) bond motifs is 1. The predicted octanol–water partition coefficient (Wildman–Crippen LogP) is 4.35. The zero-order valence-electron chi connectivity index (χ0n) is 17.2. The van der Waals surface area contributed by atoms with E-state index in [1.54, 1.807) is 11.8 Å². The van der Waals surface area contributed by atoms with E-state index in [0.29, 0.717) is 17.4 Å². The summed E-state index contributed by atoms with van der Waals surface area (Å²) in [5.41, 5.74) is 5.95. The lowest BCUT2D eigenvalue weighted by atomic mass is 10.1. The van der Waals surface area contributed by atoms with E-state index in [4.69, 9.17) is 4.74 Å². The van der Waals surface area contributed by atoms with Crippen LogP contribution in [0.1, 0.15) is 23.6 Å². The van der Waals surface area contributed by atoms with Crippen LogP contribution >= 0.6 is 11.3 Å². The normalized spacial score (nSPS) is 12.6. The van der Waals surface area contributed by atoms with Crippen LogP contribution < -0.4 is 15.0 Å². The summed E-state index contributed by atoms with van der Waals surface area (Å²) in [6, 6.07) is 11.8. The highest BCUT2D eigenvalue weighted by atomic mass is 32.1. The van der Waals surface area contributed by atoms with Crippen molar-refractivity contribution in [3.8, 4) is 17.0 Å². The number of rotatable bonds is 5. The number of thiazole rings is 1. The number of ether oxygens (including phenoxy) is 1. The molecule has 2 amide bonds. The van der Waals surface area contributed by atoms with Crippen LogP contribution in [0.5, 0.6) is 5.75 Å². The first-order valence-corrected chi connectivity index (χ1v) is 10.7. The van der Waals surface area contributed by atoms with E-state index in [0.717, 1.165) is 34.5 Å². The van der Waals surface area contributed by atoms with Gasteiger partial charge in [0.2, 0.25) is 5.91 Å². The second-order valence-electron chi connectivity index (χ2n) is 7.34. The highest BCUT2D eigenvalue weighted by Crippen LogP contribution is 2.34. The lowest BCUT2D eigenvalue weighted by Gasteiger charge is -2.15. The third-order valence-electron chi connectivity index (χ3n) is 5.32. The van der Waals surface area contributed by atoms with Crippen molar-refractivity contribution in [1.82, 2.24) is 4.98 Å². The summed E-state index contributed by atoms with van der Waals surface area (Å²) in [6.45, 7) is 6.20. The standard InChI is InChI=1S/C23H23N3O3S/c1-14-5-4-6-21(15(14)2)29-12-22(28)25-23-24-19(13-30-23)18-8-7-17-9-10-26(16(3)27)20(17)11-18/h4-8,11,13H,9-10,12H2,1-3H3,(H,24,25,28). The Morgan fingerprint density at radius 2 is 2.07 bits per heavy atom. The minimum atomic E-state index is -0.256. The monoisotopic (exact) mass is 421 g/mol. The first-order valence-electron chi connectivity index (χ1n) is 9.78. The van der Waals surface area contributed by atoms with Gasteiger partial charge in [0, 0.05) is 30.1 Å². The van der Waals surface area contributed by atoms with Crippen LogP contribution in [0.4, 0.5) is 10.8 Å². The van der Waals surface area contributed by atoms with Gasteiger partial charge in [-0.2, -0.15) is 0 Å². The average molecular weight is 422 g/mol. The summed E-state index contributed by atoms with van der Waals surface area (Å²) in [4.78, 5) is 30.4. The maximum Gasteiger partial charge on any atom is 0.264 e. The van der Waals surface area contributed by atoms with Gasteiger partial charge in [-0.3, -0.25) is 14.9 Å².